The van der Waals surface area contributed by atoms with Gasteiger partial charge in [-0.3, -0.25) is 9.69 Å². The first-order valence-electron chi connectivity index (χ1n) is 9.69. The molecule has 1 saturated heterocycles. The number of hydrogen-bond acceptors (Lipinski definition) is 6. The number of carbonyl (C=O) groups excluding carboxylic acids is 2. The first kappa shape index (κ1) is 21.4. The number of aromatic hydroxyl groups is 1. The van der Waals surface area contributed by atoms with E-state index in [1.807, 2.05) is 0 Å². The maximum Gasteiger partial charge on any atom is 0.396 e. The molecule has 2 saturated carbocycles. The lowest BCUT2D eigenvalue weighted by molar-refractivity contribution is -0.190. The molecular weight excluding hydrogens is 476 g/mol. The van der Waals surface area contributed by atoms with Crippen molar-refractivity contribution >= 4 is 34.9 Å². The van der Waals surface area contributed by atoms with E-state index in [9.17, 15) is 32.3 Å². The molecule has 2 aromatic rings. The topological polar surface area (TPSA) is 86.6 Å². The normalized spacial score (nSPS) is 21.0. The molecule has 1 aromatic carbocycles. The lowest BCUT2D eigenvalue weighted by Gasteiger charge is -2.24. The summed E-state index contributed by atoms with van der Waals surface area (Å²) in [5.74, 6) is -2.32. The molecule has 1 N–H and O–H groups in total. The van der Waals surface area contributed by atoms with E-state index in [0.29, 0.717) is 17.7 Å². The van der Waals surface area contributed by atoms with Crippen molar-refractivity contribution in [2.75, 3.05) is 6.54 Å². The van der Waals surface area contributed by atoms with Gasteiger partial charge in [0.25, 0.3) is 5.91 Å². The number of aromatic nitrogens is 2. The van der Waals surface area contributed by atoms with Crippen LogP contribution >= 0.6 is 22.9 Å². The van der Waals surface area contributed by atoms with Crippen molar-refractivity contribution in [2.45, 2.75) is 43.9 Å². The number of phenolic OH excluding ortho intramolecular Hbond substituents is 1. The maximum absolute atomic E-state index is 14.3. The van der Waals surface area contributed by atoms with Crippen LogP contribution in [-0.2, 0) is 11.3 Å². The van der Waals surface area contributed by atoms with Crippen LogP contribution in [0.1, 0.15) is 30.7 Å². The third-order valence-electron chi connectivity index (χ3n) is 6.32. The highest BCUT2D eigenvalue weighted by Crippen LogP contribution is 2.59. The number of hydrogen-bond donors (Lipinski definition) is 1. The molecule has 5 rings (SSSR count). The summed E-state index contributed by atoms with van der Waals surface area (Å²) in [6.45, 7) is -0.817. The molecule has 3 amide bonds. The molecule has 3 aliphatic rings. The van der Waals surface area contributed by atoms with E-state index < -0.39 is 47.2 Å². The van der Waals surface area contributed by atoms with Gasteiger partial charge in [0.15, 0.2) is 16.6 Å². The Morgan fingerprint density at radius 2 is 1.84 bits per heavy atom. The quantitative estimate of drug-likeness (QED) is 0.497. The second-order valence-corrected chi connectivity index (χ2v) is 9.80. The zero-order valence-electron chi connectivity index (χ0n) is 16.2. The van der Waals surface area contributed by atoms with Crippen LogP contribution in [0.5, 0.6) is 5.75 Å². The predicted molar refractivity (Wildman–Crippen MR) is 104 cm³/mol. The van der Waals surface area contributed by atoms with Gasteiger partial charge in [0, 0.05) is 6.54 Å². The summed E-state index contributed by atoms with van der Waals surface area (Å²) >= 11 is 6.62. The number of nitrogens with zero attached hydrogens (tertiary/aromatic N) is 4. The predicted octanol–water partition coefficient (Wildman–Crippen LogP) is 4.34. The first-order chi connectivity index (χ1) is 15.0. The van der Waals surface area contributed by atoms with Crippen molar-refractivity contribution in [3.63, 3.8) is 0 Å². The fourth-order valence-corrected chi connectivity index (χ4v) is 4.99. The Morgan fingerprint density at radius 1 is 1.16 bits per heavy atom. The van der Waals surface area contributed by atoms with Crippen molar-refractivity contribution < 1.29 is 32.3 Å². The number of urea groups is 1. The monoisotopic (exact) mass is 490 g/mol. The van der Waals surface area contributed by atoms with Crippen LogP contribution in [0.3, 0.4) is 0 Å². The molecule has 3 fully saturated rings. The van der Waals surface area contributed by atoms with Gasteiger partial charge in [0.05, 0.1) is 22.5 Å². The van der Waals surface area contributed by atoms with Crippen LogP contribution in [0.2, 0.25) is 5.02 Å². The van der Waals surface area contributed by atoms with E-state index >= 15 is 0 Å². The molecule has 0 unspecified atom stereocenters. The summed E-state index contributed by atoms with van der Waals surface area (Å²) in [7, 11) is 0. The molecule has 1 aliphatic heterocycles. The van der Waals surface area contributed by atoms with Crippen LogP contribution in [0.15, 0.2) is 12.1 Å². The summed E-state index contributed by atoms with van der Waals surface area (Å²) in [5, 5.41) is 17.7. The Bertz CT molecular complexity index is 1150. The summed E-state index contributed by atoms with van der Waals surface area (Å²) in [6.07, 6.45) is -3.99. The summed E-state index contributed by atoms with van der Waals surface area (Å²) < 4.78 is 54.4. The molecule has 1 spiro atoms. The van der Waals surface area contributed by atoms with Crippen molar-refractivity contribution in [3.8, 4) is 16.3 Å². The van der Waals surface area contributed by atoms with Gasteiger partial charge >= 0.3 is 12.2 Å². The first-order valence-corrected chi connectivity index (χ1v) is 10.9. The summed E-state index contributed by atoms with van der Waals surface area (Å²) in [6, 6.07) is 1.84. The van der Waals surface area contributed by atoms with Crippen LogP contribution in [0, 0.1) is 11.2 Å². The minimum Gasteiger partial charge on any atom is -0.504 e. The highest BCUT2D eigenvalue weighted by molar-refractivity contribution is 7.14. The molecule has 7 nitrogen and oxygen atoms in total. The third kappa shape index (κ3) is 3.06. The van der Waals surface area contributed by atoms with Crippen molar-refractivity contribution in [1.29, 1.82) is 0 Å². The molecule has 32 heavy (non-hydrogen) atoms. The van der Waals surface area contributed by atoms with Gasteiger partial charge < -0.3 is 10.0 Å². The van der Waals surface area contributed by atoms with Crippen molar-refractivity contribution in [3.05, 3.63) is 28.0 Å². The number of amides is 3. The molecule has 13 heteroatoms. The zero-order chi connectivity index (χ0) is 23.1. The fraction of sp³-hybridized carbons (Fsp3) is 0.474. The molecule has 2 aliphatic carbocycles. The molecule has 0 bridgehead atoms. The third-order valence-corrected chi connectivity index (χ3v) is 7.56. The lowest BCUT2D eigenvalue weighted by atomic mass is 10.1. The molecule has 0 atom stereocenters. The van der Waals surface area contributed by atoms with E-state index in [4.69, 9.17) is 11.6 Å². The Balaban J connectivity index is 1.38. The minimum atomic E-state index is -4.49. The van der Waals surface area contributed by atoms with Crippen LogP contribution in [0.25, 0.3) is 10.6 Å². The Hall–Kier alpha value is -2.47. The lowest BCUT2D eigenvalue weighted by Crippen LogP contribution is -2.42. The van der Waals surface area contributed by atoms with E-state index in [0.717, 1.165) is 11.3 Å². The number of halogens is 5. The van der Waals surface area contributed by atoms with Crippen LogP contribution < -0.4 is 0 Å². The smallest absolute Gasteiger partial charge is 0.396 e. The van der Waals surface area contributed by atoms with Crippen molar-refractivity contribution in [1.82, 2.24) is 20.0 Å². The Labute approximate surface area is 187 Å². The number of phenols is 1. The van der Waals surface area contributed by atoms with E-state index in [-0.39, 0.29) is 40.0 Å². The standard InChI is InChI=1S/C19H15ClF4N4O3S/c20-10-2-1-9(12(21)13(10)29)14-26-25-11(32-14)7-28-16(31)27(15(30)18(28)5-6-18)8-17(3-4-17)19(22,23)24/h1-2,29H,3-8H2. The van der Waals surface area contributed by atoms with Crippen LogP contribution in [-0.4, -0.2) is 55.3 Å². The average molecular weight is 491 g/mol. The number of alkyl halides is 3. The second-order valence-electron chi connectivity index (χ2n) is 8.33. The Kier molecular flexibility index (Phi) is 4.52. The minimum absolute atomic E-state index is 0.0388. The van der Waals surface area contributed by atoms with Gasteiger partial charge in [-0.05, 0) is 37.8 Å². The molecule has 1 aromatic heterocycles. The highest BCUT2D eigenvalue weighted by atomic mass is 35.5. The second kappa shape index (κ2) is 6.77. The summed E-state index contributed by atoms with van der Waals surface area (Å²) in [4.78, 5) is 27.7. The van der Waals surface area contributed by atoms with Gasteiger partial charge in [-0.25, -0.2) is 9.18 Å². The number of rotatable bonds is 5. The van der Waals surface area contributed by atoms with E-state index in [1.54, 1.807) is 0 Å². The maximum atomic E-state index is 14.3. The molecule has 170 valence electrons. The van der Waals surface area contributed by atoms with Gasteiger partial charge in [0.1, 0.15) is 10.5 Å². The Morgan fingerprint density at radius 3 is 2.44 bits per heavy atom. The van der Waals surface area contributed by atoms with Gasteiger partial charge in [-0.1, -0.05) is 22.9 Å². The number of benzene rings is 1. The van der Waals surface area contributed by atoms with Gasteiger partial charge in [-0.2, -0.15) is 13.2 Å². The zero-order valence-corrected chi connectivity index (χ0v) is 17.8. The summed E-state index contributed by atoms with van der Waals surface area (Å²) in [5.41, 5.74) is -3.20. The highest BCUT2D eigenvalue weighted by Gasteiger charge is 2.70. The largest absolute Gasteiger partial charge is 0.504 e. The average Bonchev–Trinajstić information content (AvgIpc) is 3.64. The van der Waals surface area contributed by atoms with E-state index in [1.165, 1.54) is 17.0 Å². The van der Waals surface area contributed by atoms with Gasteiger partial charge in [-0.15, -0.1) is 10.2 Å². The number of carbonyl (C=O) groups is 2. The van der Waals surface area contributed by atoms with Crippen LogP contribution in [0.4, 0.5) is 22.4 Å². The van der Waals surface area contributed by atoms with Gasteiger partial charge in [0.2, 0.25) is 0 Å². The molecule has 0 radical (unpaired) electrons. The van der Waals surface area contributed by atoms with E-state index in [2.05, 4.69) is 10.2 Å². The van der Waals surface area contributed by atoms with Crippen molar-refractivity contribution in [2.24, 2.45) is 5.41 Å². The SMILES string of the molecule is O=C1N(CC2(C(F)(F)F)CC2)C(=O)C2(CC2)N1Cc1nnc(-c2ccc(Cl)c(O)c2F)s1. The molecular formula is C19H15ClF4N4O3S. The fourth-order valence-electron chi connectivity index (χ4n) is 4.00. The number of imide groups is 1. The molecule has 2 heterocycles.